The Hall–Kier alpha value is -1.76. The largest absolute Gasteiger partial charge is 0.453 e. The molecule has 1 aliphatic rings. The van der Waals surface area contributed by atoms with E-state index in [9.17, 15) is 9.59 Å². The lowest BCUT2D eigenvalue weighted by Crippen LogP contribution is -2.53. The molecule has 1 aliphatic heterocycles. The first-order chi connectivity index (χ1) is 9.20. The maximum Gasteiger partial charge on any atom is 0.409 e. The number of nitrogens with one attached hydrogen (secondary N) is 1. The molecule has 2 heterocycles. The van der Waals surface area contributed by atoms with Crippen LogP contribution < -0.4 is 5.32 Å². The zero-order valence-electron chi connectivity index (χ0n) is 10.8. The normalized spacial score (nSPS) is 15.2. The number of piperazine rings is 1. The third-order valence-corrected chi connectivity index (χ3v) is 3.87. The molecule has 104 valence electrons. The van der Waals surface area contributed by atoms with Crippen LogP contribution in [0, 0.1) is 0 Å². The quantitative estimate of drug-likeness (QED) is 0.891. The van der Waals surface area contributed by atoms with E-state index in [-0.39, 0.29) is 12.1 Å². The molecule has 1 aromatic heterocycles. The Kier molecular flexibility index (Phi) is 4.62. The topological polar surface area (TPSA) is 61.9 Å². The van der Waals surface area contributed by atoms with Crippen molar-refractivity contribution in [2.24, 2.45) is 0 Å². The van der Waals surface area contributed by atoms with Gasteiger partial charge in [0.25, 0.3) is 0 Å². The van der Waals surface area contributed by atoms with Gasteiger partial charge in [0.05, 0.1) is 13.7 Å². The molecule has 1 N–H and O–H groups in total. The van der Waals surface area contributed by atoms with Gasteiger partial charge in [-0.15, -0.1) is 11.3 Å². The molecule has 2 rings (SSSR count). The van der Waals surface area contributed by atoms with Gasteiger partial charge in [-0.2, -0.15) is 0 Å². The van der Waals surface area contributed by atoms with Gasteiger partial charge in [-0.05, 0) is 11.4 Å². The Morgan fingerprint density at radius 2 is 2.00 bits per heavy atom. The van der Waals surface area contributed by atoms with Crippen molar-refractivity contribution in [2.45, 2.75) is 6.54 Å². The summed E-state index contributed by atoms with van der Waals surface area (Å²) in [7, 11) is 1.36. The molecule has 0 unspecified atom stereocenters. The maximum absolute atomic E-state index is 11.9. The van der Waals surface area contributed by atoms with Gasteiger partial charge < -0.3 is 19.9 Å². The van der Waals surface area contributed by atoms with Gasteiger partial charge in [-0.3, -0.25) is 0 Å². The average molecular weight is 283 g/mol. The maximum atomic E-state index is 11.9. The van der Waals surface area contributed by atoms with Gasteiger partial charge in [-0.1, -0.05) is 6.07 Å². The minimum absolute atomic E-state index is 0.0853. The monoisotopic (exact) mass is 283 g/mol. The van der Waals surface area contributed by atoms with E-state index in [1.807, 2.05) is 17.5 Å². The van der Waals surface area contributed by atoms with Crippen LogP contribution in [0.3, 0.4) is 0 Å². The van der Waals surface area contributed by atoms with E-state index in [0.717, 1.165) is 4.88 Å². The number of nitrogens with zero attached hydrogens (tertiary/aromatic N) is 2. The van der Waals surface area contributed by atoms with Crippen LogP contribution >= 0.6 is 11.3 Å². The van der Waals surface area contributed by atoms with Gasteiger partial charge in [0.15, 0.2) is 0 Å². The summed E-state index contributed by atoms with van der Waals surface area (Å²) in [6.07, 6.45) is -0.335. The summed E-state index contributed by atoms with van der Waals surface area (Å²) in [5.41, 5.74) is 0. The molecule has 0 spiro atoms. The Morgan fingerprint density at radius 1 is 1.32 bits per heavy atom. The van der Waals surface area contributed by atoms with Crippen molar-refractivity contribution in [3.05, 3.63) is 22.4 Å². The number of carbonyl (C=O) groups excluding carboxylic acids is 2. The lowest BCUT2D eigenvalue weighted by Gasteiger charge is -2.33. The molecule has 7 heteroatoms. The highest BCUT2D eigenvalue weighted by Crippen LogP contribution is 2.08. The lowest BCUT2D eigenvalue weighted by molar-refractivity contribution is 0.0970. The summed E-state index contributed by atoms with van der Waals surface area (Å²) >= 11 is 1.62. The predicted octanol–water partition coefficient (Wildman–Crippen LogP) is 1.34. The van der Waals surface area contributed by atoms with Crippen LogP contribution in [0.4, 0.5) is 9.59 Å². The Morgan fingerprint density at radius 3 is 2.58 bits per heavy atom. The van der Waals surface area contributed by atoms with Crippen molar-refractivity contribution < 1.29 is 14.3 Å². The molecule has 1 aromatic rings. The molecule has 1 fully saturated rings. The zero-order valence-corrected chi connectivity index (χ0v) is 11.6. The first-order valence-electron chi connectivity index (χ1n) is 6.09. The summed E-state index contributed by atoms with van der Waals surface area (Å²) in [5, 5.41) is 4.86. The number of hydrogen-bond acceptors (Lipinski definition) is 4. The molecule has 0 aromatic carbocycles. The van der Waals surface area contributed by atoms with E-state index in [4.69, 9.17) is 0 Å². The zero-order chi connectivity index (χ0) is 13.7. The highest BCUT2D eigenvalue weighted by atomic mass is 32.1. The second kappa shape index (κ2) is 6.42. The van der Waals surface area contributed by atoms with Gasteiger partial charge in [0, 0.05) is 31.1 Å². The second-order valence-electron chi connectivity index (χ2n) is 4.18. The molecule has 3 amide bonds. The van der Waals surface area contributed by atoms with Crippen LogP contribution in [-0.2, 0) is 11.3 Å². The van der Waals surface area contributed by atoms with Gasteiger partial charge in [0.2, 0.25) is 0 Å². The standard InChI is InChI=1S/C12H17N3O3S/c1-18-12(17)15-6-4-14(5-7-15)11(16)13-9-10-3-2-8-19-10/h2-3,8H,4-7,9H2,1H3,(H,13,16). The number of amides is 3. The van der Waals surface area contributed by atoms with E-state index in [1.165, 1.54) is 7.11 Å². The number of ether oxygens (including phenoxy) is 1. The number of hydrogen-bond donors (Lipinski definition) is 1. The summed E-state index contributed by atoms with van der Waals surface area (Å²) < 4.78 is 4.65. The lowest BCUT2D eigenvalue weighted by atomic mass is 10.3. The first kappa shape index (κ1) is 13.7. The van der Waals surface area contributed by atoms with E-state index in [2.05, 4.69) is 10.1 Å². The van der Waals surface area contributed by atoms with Crippen LogP contribution in [0.5, 0.6) is 0 Å². The van der Waals surface area contributed by atoms with Crippen molar-refractivity contribution in [2.75, 3.05) is 33.3 Å². The summed E-state index contributed by atoms with van der Waals surface area (Å²) in [6, 6.07) is 3.86. The number of carbonyl (C=O) groups is 2. The molecule has 0 atom stereocenters. The molecule has 0 radical (unpaired) electrons. The molecular formula is C12H17N3O3S. The second-order valence-corrected chi connectivity index (χ2v) is 5.21. The van der Waals surface area contributed by atoms with Gasteiger partial charge in [0.1, 0.15) is 0 Å². The van der Waals surface area contributed by atoms with Crippen LogP contribution in [-0.4, -0.2) is 55.2 Å². The smallest absolute Gasteiger partial charge is 0.409 e. The Bertz CT molecular complexity index is 427. The fourth-order valence-electron chi connectivity index (χ4n) is 1.91. The van der Waals surface area contributed by atoms with Crippen LogP contribution in [0.2, 0.25) is 0 Å². The molecule has 0 bridgehead atoms. The van der Waals surface area contributed by atoms with Crippen molar-refractivity contribution >= 4 is 23.5 Å². The van der Waals surface area contributed by atoms with Crippen LogP contribution in [0.15, 0.2) is 17.5 Å². The van der Waals surface area contributed by atoms with E-state index in [0.29, 0.717) is 32.7 Å². The predicted molar refractivity (Wildman–Crippen MR) is 72.1 cm³/mol. The SMILES string of the molecule is COC(=O)N1CCN(C(=O)NCc2cccs2)CC1. The van der Waals surface area contributed by atoms with E-state index < -0.39 is 0 Å². The van der Waals surface area contributed by atoms with Gasteiger partial charge >= 0.3 is 12.1 Å². The highest BCUT2D eigenvalue weighted by molar-refractivity contribution is 7.09. The third-order valence-electron chi connectivity index (χ3n) is 2.99. The van der Waals surface area contributed by atoms with Crippen molar-refractivity contribution in [1.29, 1.82) is 0 Å². The van der Waals surface area contributed by atoms with Crippen molar-refractivity contribution in [3.63, 3.8) is 0 Å². The minimum atomic E-state index is -0.335. The summed E-state index contributed by atoms with van der Waals surface area (Å²) in [5.74, 6) is 0. The summed E-state index contributed by atoms with van der Waals surface area (Å²) in [4.78, 5) is 27.7. The van der Waals surface area contributed by atoms with Crippen LogP contribution in [0.1, 0.15) is 4.88 Å². The van der Waals surface area contributed by atoms with E-state index in [1.54, 1.807) is 21.1 Å². The van der Waals surface area contributed by atoms with Gasteiger partial charge in [-0.25, -0.2) is 9.59 Å². The molecular weight excluding hydrogens is 266 g/mol. The number of methoxy groups -OCH3 is 1. The van der Waals surface area contributed by atoms with Crippen LogP contribution in [0.25, 0.3) is 0 Å². The molecule has 0 saturated carbocycles. The molecule has 0 aliphatic carbocycles. The Labute approximate surface area is 115 Å². The molecule has 6 nitrogen and oxygen atoms in total. The number of urea groups is 1. The third kappa shape index (κ3) is 3.60. The molecule has 19 heavy (non-hydrogen) atoms. The first-order valence-corrected chi connectivity index (χ1v) is 6.96. The van der Waals surface area contributed by atoms with E-state index >= 15 is 0 Å². The van der Waals surface area contributed by atoms with Crippen molar-refractivity contribution in [1.82, 2.24) is 15.1 Å². The minimum Gasteiger partial charge on any atom is -0.453 e. The fourth-order valence-corrected chi connectivity index (χ4v) is 2.55. The fraction of sp³-hybridized carbons (Fsp3) is 0.500. The number of rotatable bonds is 2. The number of thiophene rings is 1. The summed E-state index contributed by atoms with van der Waals surface area (Å²) in [6.45, 7) is 2.64. The Balaban J connectivity index is 1.74. The molecule has 1 saturated heterocycles. The highest BCUT2D eigenvalue weighted by Gasteiger charge is 2.24. The average Bonchev–Trinajstić information content (AvgIpc) is 2.97. The van der Waals surface area contributed by atoms with Crippen molar-refractivity contribution in [3.8, 4) is 0 Å².